The lowest BCUT2D eigenvalue weighted by atomic mass is 10.0. The molecule has 4 rings (SSSR count). The quantitative estimate of drug-likeness (QED) is 0.800. The van der Waals surface area contributed by atoms with Gasteiger partial charge in [-0.2, -0.15) is 0 Å². The number of nitrogens with one attached hydrogen (secondary N) is 1. The fourth-order valence-electron chi connectivity index (χ4n) is 2.82. The first kappa shape index (κ1) is 14.8. The van der Waals surface area contributed by atoms with E-state index >= 15 is 0 Å². The van der Waals surface area contributed by atoms with Crippen LogP contribution < -0.4 is 5.32 Å². The number of benzene rings is 1. The van der Waals surface area contributed by atoms with Gasteiger partial charge in [-0.25, -0.2) is 15.0 Å². The molecular formula is C19H18N4O. The lowest BCUT2D eigenvalue weighted by molar-refractivity contribution is -0.117. The molecule has 2 heterocycles. The van der Waals surface area contributed by atoms with Gasteiger partial charge in [-0.05, 0) is 49.8 Å². The number of rotatable bonds is 3. The van der Waals surface area contributed by atoms with E-state index in [0.717, 1.165) is 46.3 Å². The van der Waals surface area contributed by atoms with Gasteiger partial charge in [0.2, 0.25) is 5.91 Å². The second kappa shape index (κ2) is 5.67. The van der Waals surface area contributed by atoms with E-state index in [9.17, 15) is 4.79 Å². The summed E-state index contributed by atoms with van der Waals surface area (Å²) in [4.78, 5) is 24.9. The van der Waals surface area contributed by atoms with E-state index in [4.69, 9.17) is 0 Å². The molecule has 3 aromatic rings. The maximum absolute atomic E-state index is 11.8. The summed E-state index contributed by atoms with van der Waals surface area (Å²) in [6.45, 7) is 3.88. The second-order valence-electron chi connectivity index (χ2n) is 6.31. The van der Waals surface area contributed by atoms with Crippen molar-refractivity contribution < 1.29 is 4.79 Å². The van der Waals surface area contributed by atoms with Crippen molar-refractivity contribution in [3.8, 4) is 11.1 Å². The van der Waals surface area contributed by atoms with Crippen molar-refractivity contribution in [2.45, 2.75) is 26.7 Å². The van der Waals surface area contributed by atoms with Crippen LogP contribution in [0.25, 0.3) is 21.9 Å². The first-order valence-corrected chi connectivity index (χ1v) is 8.11. The molecular weight excluding hydrogens is 300 g/mol. The minimum atomic E-state index is 0.0749. The molecule has 5 nitrogen and oxygen atoms in total. The van der Waals surface area contributed by atoms with Gasteiger partial charge in [0, 0.05) is 35.0 Å². The minimum absolute atomic E-state index is 0.0749. The van der Waals surface area contributed by atoms with E-state index in [-0.39, 0.29) is 11.8 Å². The van der Waals surface area contributed by atoms with Gasteiger partial charge in [0.15, 0.2) is 0 Å². The molecule has 0 saturated heterocycles. The molecule has 0 unspecified atom stereocenters. The van der Waals surface area contributed by atoms with Gasteiger partial charge in [-0.15, -0.1) is 0 Å². The molecule has 0 atom stereocenters. The Hall–Kier alpha value is -2.82. The topological polar surface area (TPSA) is 67.8 Å². The van der Waals surface area contributed by atoms with Gasteiger partial charge in [0.25, 0.3) is 0 Å². The van der Waals surface area contributed by atoms with Crippen LogP contribution in [0, 0.1) is 19.8 Å². The number of nitrogens with zero attached hydrogens (tertiary/aromatic N) is 3. The molecule has 0 aliphatic heterocycles. The van der Waals surface area contributed by atoms with Crippen LogP contribution in [0.2, 0.25) is 0 Å². The van der Waals surface area contributed by atoms with E-state index in [1.807, 2.05) is 32.2 Å². The monoisotopic (exact) mass is 318 g/mol. The molecule has 1 aliphatic rings. The van der Waals surface area contributed by atoms with Crippen molar-refractivity contribution in [2.24, 2.45) is 5.92 Å². The normalized spacial score (nSPS) is 13.9. The van der Waals surface area contributed by atoms with Crippen LogP contribution >= 0.6 is 0 Å². The van der Waals surface area contributed by atoms with E-state index < -0.39 is 0 Å². The standard InChI is InChI=1S/C19H18N4O/c1-11-17(10-20-12(2)22-11)15-6-5-14-8-18(21-9-16(14)7-15)23-19(24)13-3-4-13/h5-10,13H,3-4H2,1-2H3,(H,21,23,24). The molecule has 1 N–H and O–H groups in total. The molecule has 0 bridgehead atoms. The number of hydrogen-bond acceptors (Lipinski definition) is 4. The fourth-order valence-corrected chi connectivity index (χ4v) is 2.82. The minimum Gasteiger partial charge on any atom is -0.310 e. The number of pyridine rings is 1. The summed E-state index contributed by atoms with van der Waals surface area (Å²) in [7, 11) is 0. The lowest BCUT2D eigenvalue weighted by Gasteiger charge is -2.08. The molecule has 1 aromatic carbocycles. The molecule has 1 amide bonds. The Morgan fingerprint density at radius 1 is 1.08 bits per heavy atom. The third kappa shape index (κ3) is 2.85. The molecule has 0 radical (unpaired) electrons. The van der Waals surface area contributed by atoms with Crippen molar-refractivity contribution in [2.75, 3.05) is 5.32 Å². The van der Waals surface area contributed by atoms with Crippen LogP contribution in [-0.2, 0) is 4.79 Å². The number of aryl methyl sites for hydroxylation is 2. The zero-order chi connectivity index (χ0) is 16.7. The van der Waals surface area contributed by atoms with Gasteiger partial charge in [0.1, 0.15) is 11.6 Å². The maximum atomic E-state index is 11.8. The largest absolute Gasteiger partial charge is 0.310 e. The number of aromatic nitrogens is 3. The Kier molecular flexibility index (Phi) is 3.49. The van der Waals surface area contributed by atoms with Crippen LogP contribution in [0.3, 0.4) is 0 Å². The zero-order valence-electron chi connectivity index (χ0n) is 13.7. The number of carbonyl (C=O) groups is 1. The van der Waals surface area contributed by atoms with Crippen molar-refractivity contribution in [1.29, 1.82) is 0 Å². The van der Waals surface area contributed by atoms with Gasteiger partial charge < -0.3 is 5.32 Å². The Labute approximate surface area is 140 Å². The van der Waals surface area contributed by atoms with Gasteiger partial charge in [-0.1, -0.05) is 12.1 Å². The number of anilines is 1. The van der Waals surface area contributed by atoms with Crippen LogP contribution in [-0.4, -0.2) is 20.9 Å². The Morgan fingerprint density at radius 3 is 2.67 bits per heavy atom. The highest BCUT2D eigenvalue weighted by molar-refractivity contribution is 5.96. The third-order valence-corrected chi connectivity index (χ3v) is 4.33. The number of fused-ring (bicyclic) bond motifs is 1. The van der Waals surface area contributed by atoms with E-state index in [1.54, 1.807) is 6.20 Å². The molecule has 5 heteroatoms. The molecule has 1 fully saturated rings. The summed E-state index contributed by atoms with van der Waals surface area (Å²) in [5.74, 6) is 1.64. The predicted octanol–water partition coefficient (Wildman–Crippen LogP) is 3.66. The summed E-state index contributed by atoms with van der Waals surface area (Å²) in [5, 5.41) is 4.96. The van der Waals surface area contributed by atoms with Crippen molar-refractivity contribution in [1.82, 2.24) is 15.0 Å². The first-order valence-electron chi connectivity index (χ1n) is 8.11. The lowest BCUT2D eigenvalue weighted by Crippen LogP contribution is -2.14. The van der Waals surface area contributed by atoms with Gasteiger partial charge in [0.05, 0.1) is 0 Å². The van der Waals surface area contributed by atoms with Gasteiger partial charge in [-0.3, -0.25) is 4.79 Å². The molecule has 24 heavy (non-hydrogen) atoms. The average Bonchev–Trinajstić information content (AvgIpc) is 3.39. The Bertz CT molecular complexity index is 947. The third-order valence-electron chi connectivity index (χ3n) is 4.33. The number of hydrogen-bond donors (Lipinski definition) is 1. The molecule has 1 saturated carbocycles. The Morgan fingerprint density at radius 2 is 1.92 bits per heavy atom. The van der Waals surface area contributed by atoms with Crippen LogP contribution in [0.4, 0.5) is 5.82 Å². The van der Waals surface area contributed by atoms with Crippen LogP contribution in [0.1, 0.15) is 24.4 Å². The van der Waals surface area contributed by atoms with Crippen molar-refractivity contribution >= 4 is 22.5 Å². The Balaban J connectivity index is 1.67. The average molecular weight is 318 g/mol. The van der Waals surface area contributed by atoms with Crippen LogP contribution in [0.15, 0.2) is 36.7 Å². The molecule has 1 aliphatic carbocycles. The number of carbonyl (C=O) groups excluding carboxylic acids is 1. The van der Waals surface area contributed by atoms with E-state index in [2.05, 4.69) is 32.4 Å². The summed E-state index contributed by atoms with van der Waals surface area (Å²) < 4.78 is 0. The van der Waals surface area contributed by atoms with Gasteiger partial charge >= 0.3 is 0 Å². The SMILES string of the molecule is Cc1ncc(-c2ccc3cc(NC(=O)C4CC4)ncc3c2)c(C)n1. The van der Waals surface area contributed by atoms with Crippen LogP contribution in [0.5, 0.6) is 0 Å². The highest BCUT2D eigenvalue weighted by Gasteiger charge is 2.29. The van der Waals surface area contributed by atoms with Crippen molar-refractivity contribution in [3.05, 3.63) is 48.2 Å². The second-order valence-corrected chi connectivity index (χ2v) is 6.31. The smallest absolute Gasteiger partial charge is 0.228 e. The summed E-state index contributed by atoms with van der Waals surface area (Å²) in [6, 6.07) is 8.09. The van der Waals surface area contributed by atoms with Crippen molar-refractivity contribution in [3.63, 3.8) is 0 Å². The fraction of sp³-hybridized carbons (Fsp3) is 0.263. The summed E-state index contributed by atoms with van der Waals surface area (Å²) in [6.07, 6.45) is 5.63. The van der Waals surface area contributed by atoms with E-state index in [0.29, 0.717) is 5.82 Å². The molecule has 0 spiro atoms. The highest BCUT2D eigenvalue weighted by Crippen LogP contribution is 2.31. The summed E-state index contributed by atoms with van der Waals surface area (Å²) in [5.41, 5.74) is 3.05. The molecule has 2 aromatic heterocycles. The zero-order valence-corrected chi connectivity index (χ0v) is 13.7. The summed E-state index contributed by atoms with van der Waals surface area (Å²) >= 11 is 0. The number of amides is 1. The first-order chi connectivity index (χ1) is 11.6. The highest BCUT2D eigenvalue weighted by atomic mass is 16.2. The predicted molar refractivity (Wildman–Crippen MR) is 93.6 cm³/mol. The maximum Gasteiger partial charge on any atom is 0.228 e. The molecule has 120 valence electrons. The van der Waals surface area contributed by atoms with E-state index in [1.165, 1.54) is 0 Å².